The van der Waals surface area contributed by atoms with Gasteiger partial charge in [0.05, 0.1) is 11.6 Å². The number of amides is 1. The van der Waals surface area contributed by atoms with Crippen LogP contribution in [0.3, 0.4) is 0 Å². The average molecular weight is 370 g/mol. The van der Waals surface area contributed by atoms with Crippen LogP contribution >= 0.6 is 0 Å². The topological polar surface area (TPSA) is 75.5 Å². The predicted molar refractivity (Wildman–Crippen MR) is 84.8 cm³/mol. The van der Waals surface area contributed by atoms with Gasteiger partial charge in [0.15, 0.2) is 0 Å². The van der Waals surface area contributed by atoms with E-state index in [0.29, 0.717) is 18.5 Å². The summed E-state index contributed by atoms with van der Waals surface area (Å²) in [4.78, 5) is 24.8. The number of ether oxygens (including phenoxy) is 1. The highest BCUT2D eigenvalue weighted by Crippen LogP contribution is 2.30. The van der Waals surface area contributed by atoms with Crippen molar-refractivity contribution in [3.63, 3.8) is 0 Å². The Balaban J connectivity index is 1.73. The zero-order valence-electron chi connectivity index (χ0n) is 13.7. The SMILES string of the molecule is O=C(Oc1cc(=O)[nH]o1)N1CCCCC1Cc1cccc(C(F)(F)F)c1. The second-order valence-corrected chi connectivity index (χ2v) is 6.14. The standard InChI is InChI=1S/C17H17F3N2O4/c18-17(19,20)12-5-3-4-11(8-12)9-13-6-1-2-7-22(13)16(24)25-15-10-14(23)21-26-15/h3-5,8,10,13H,1-2,6-7,9H2,(H,21,23). The Labute approximate surface area is 146 Å². The number of hydrogen-bond acceptors (Lipinski definition) is 4. The summed E-state index contributed by atoms with van der Waals surface area (Å²) in [6, 6.07) is 5.80. The summed E-state index contributed by atoms with van der Waals surface area (Å²) >= 11 is 0. The number of aromatic amines is 1. The third-order valence-electron chi connectivity index (χ3n) is 4.28. The molecule has 2 aromatic rings. The zero-order valence-corrected chi connectivity index (χ0v) is 13.7. The third-order valence-corrected chi connectivity index (χ3v) is 4.28. The number of benzene rings is 1. The van der Waals surface area contributed by atoms with Crippen LogP contribution in [0.2, 0.25) is 0 Å². The maximum atomic E-state index is 12.9. The molecule has 1 aromatic heterocycles. The molecule has 1 N–H and O–H groups in total. The van der Waals surface area contributed by atoms with Crippen molar-refractivity contribution >= 4 is 6.09 Å². The van der Waals surface area contributed by atoms with Gasteiger partial charge < -0.3 is 14.2 Å². The van der Waals surface area contributed by atoms with Gasteiger partial charge in [0.1, 0.15) is 0 Å². The fourth-order valence-corrected chi connectivity index (χ4v) is 3.06. The van der Waals surface area contributed by atoms with Crippen LogP contribution in [0.1, 0.15) is 30.4 Å². The molecule has 0 aliphatic carbocycles. The van der Waals surface area contributed by atoms with Crippen molar-refractivity contribution in [2.45, 2.75) is 37.9 Å². The van der Waals surface area contributed by atoms with E-state index in [9.17, 15) is 22.8 Å². The molecule has 140 valence electrons. The van der Waals surface area contributed by atoms with Crippen molar-refractivity contribution < 1.29 is 27.2 Å². The Bertz CT molecular complexity index is 828. The molecule has 6 nitrogen and oxygen atoms in total. The summed E-state index contributed by atoms with van der Waals surface area (Å²) in [5, 5.41) is 2.02. The molecule has 3 rings (SSSR count). The molecule has 0 bridgehead atoms. The monoisotopic (exact) mass is 370 g/mol. The smallest absolute Gasteiger partial charge is 0.374 e. The van der Waals surface area contributed by atoms with Gasteiger partial charge in [-0.15, -0.1) is 0 Å². The van der Waals surface area contributed by atoms with Crippen molar-refractivity contribution in [3.8, 4) is 5.95 Å². The summed E-state index contributed by atoms with van der Waals surface area (Å²) in [6.45, 7) is 0.428. The van der Waals surface area contributed by atoms with Crippen molar-refractivity contribution in [1.29, 1.82) is 0 Å². The Kier molecular flexibility index (Phi) is 5.06. The minimum Gasteiger partial charge on any atom is -0.374 e. The lowest BCUT2D eigenvalue weighted by atomic mass is 9.95. The number of carbonyl (C=O) groups excluding carboxylic acids is 1. The highest BCUT2D eigenvalue weighted by molar-refractivity contribution is 5.70. The average Bonchev–Trinajstić information content (AvgIpc) is 2.99. The van der Waals surface area contributed by atoms with E-state index in [0.717, 1.165) is 31.0 Å². The quantitative estimate of drug-likeness (QED) is 0.896. The van der Waals surface area contributed by atoms with E-state index < -0.39 is 23.4 Å². The number of aromatic nitrogens is 1. The summed E-state index contributed by atoms with van der Waals surface area (Å²) in [5.41, 5.74) is -0.751. The first-order valence-corrected chi connectivity index (χ1v) is 8.16. The highest BCUT2D eigenvalue weighted by atomic mass is 19.4. The van der Waals surface area contributed by atoms with Crippen LogP contribution < -0.4 is 10.3 Å². The second-order valence-electron chi connectivity index (χ2n) is 6.14. The number of likely N-dealkylation sites (tertiary alicyclic amines) is 1. The first kappa shape index (κ1) is 18.1. The second kappa shape index (κ2) is 7.27. The summed E-state index contributed by atoms with van der Waals surface area (Å²) in [7, 11) is 0. The number of nitrogens with zero attached hydrogens (tertiary/aromatic N) is 1. The number of alkyl halides is 3. The minimum absolute atomic E-state index is 0.247. The van der Waals surface area contributed by atoms with E-state index in [1.165, 1.54) is 11.0 Å². The zero-order chi connectivity index (χ0) is 18.7. The molecule has 2 heterocycles. The molecule has 1 fully saturated rings. The molecule has 1 unspecified atom stereocenters. The van der Waals surface area contributed by atoms with Gasteiger partial charge in [0.25, 0.3) is 5.56 Å². The normalized spacial score (nSPS) is 18.0. The summed E-state index contributed by atoms with van der Waals surface area (Å²) < 4.78 is 48.3. The van der Waals surface area contributed by atoms with Crippen LogP contribution in [0.5, 0.6) is 5.95 Å². The van der Waals surface area contributed by atoms with Gasteiger partial charge in [-0.3, -0.25) is 4.79 Å². The molecule has 0 spiro atoms. The third kappa shape index (κ3) is 4.27. The molecular weight excluding hydrogens is 353 g/mol. The molecule has 0 saturated carbocycles. The molecule has 1 saturated heterocycles. The van der Waals surface area contributed by atoms with Gasteiger partial charge in [0.2, 0.25) is 0 Å². The summed E-state index contributed by atoms with van der Waals surface area (Å²) in [6.07, 6.45) is -2.52. The fourth-order valence-electron chi connectivity index (χ4n) is 3.06. The van der Waals surface area contributed by atoms with E-state index in [4.69, 9.17) is 9.26 Å². The Morgan fingerprint density at radius 1 is 1.31 bits per heavy atom. The van der Waals surface area contributed by atoms with Crippen molar-refractivity contribution in [2.75, 3.05) is 6.54 Å². The van der Waals surface area contributed by atoms with Gasteiger partial charge in [-0.25, -0.2) is 4.79 Å². The van der Waals surface area contributed by atoms with Gasteiger partial charge in [-0.1, -0.05) is 18.2 Å². The molecule has 26 heavy (non-hydrogen) atoms. The number of nitrogens with one attached hydrogen (secondary N) is 1. The van der Waals surface area contributed by atoms with Crippen molar-refractivity contribution in [2.24, 2.45) is 0 Å². The lowest BCUT2D eigenvalue weighted by Crippen LogP contribution is -2.46. The Morgan fingerprint density at radius 3 is 2.81 bits per heavy atom. The first-order valence-electron chi connectivity index (χ1n) is 8.16. The number of carbonyl (C=O) groups is 1. The van der Waals surface area contributed by atoms with E-state index >= 15 is 0 Å². The lowest BCUT2D eigenvalue weighted by Gasteiger charge is -2.34. The van der Waals surface area contributed by atoms with Crippen LogP contribution in [0.15, 0.2) is 39.6 Å². The van der Waals surface area contributed by atoms with Crippen LogP contribution in [-0.2, 0) is 12.6 Å². The molecule has 1 aliphatic rings. The maximum absolute atomic E-state index is 12.9. The molecule has 1 atom stereocenters. The van der Waals surface area contributed by atoms with Crippen LogP contribution in [-0.4, -0.2) is 28.7 Å². The molecule has 1 aromatic carbocycles. The van der Waals surface area contributed by atoms with Crippen LogP contribution in [0.4, 0.5) is 18.0 Å². The minimum atomic E-state index is -4.41. The van der Waals surface area contributed by atoms with Gasteiger partial charge in [0, 0.05) is 12.6 Å². The van der Waals surface area contributed by atoms with E-state index in [1.54, 1.807) is 6.07 Å². The largest absolute Gasteiger partial charge is 0.417 e. The lowest BCUT2D eigenvalue weighted by molar-refractivity contribution is -0.137. The molecule has 9 heteroatoms. The van der Waals surface area contributed by atoms with Gasteiger partial charge >= 0.3 is 18.2 Å². The molecule has 1 aliphatic heterocycles. The highest BCUT2D eigenvalue weighted by Gasteiger charge is 2.32. The maximum Gasteiger partial charge on any atom is 0.417 e. The molecule has 0 radical (unpaired) electrons. The number of rotatable bonds is 3. The summed E-state index contributed by atoms with van der Waals surface area (Å²) in [5.74, 6) is -0.247. The van der Waals surface area contributed by atoms with E-state index in [1.807, 2.05) is 5.16 Å². The number of halogens is 3. The van der Waals surface area contributed by atoms with Crippen LogP contribution in [0.25, 0.3) is 0 Å². The fraction of sp³-hybridized carbons (Fsp3) is 0.412. The van der Waals surface area contributed by atoms with Crippen LogP contribution in [0, 0.1) is 0 Å². The number of hydrogen-bond donors (Lipinski definition) is 1. The van der Waals surface area contributed by atoms with Crippen molar-refractivity contribution in [3.05, 3.63) is 51.8 Å². The molecular formula is C17H17F3N2O4. The van der Waals surface area contributed by atoms with Gasteiger partial charge in [-0.05, 0) is 37.3 Å². The Morgan fingerprint density at radius 2 is 2.12 bits per heavy atom. The number of piperidine rings is 1. The van der Waals surface area contributed by atoms with E-state index in [-0.39, 0.29) is 18.4 Å². The van der Waals surface area contributed by atoms with Crippen molar-refractivity contribution in [1.82, 2.24) is 10.1 Å². The Hall–Kier alpha value is -2.71. The number of H-pyrrole nitrogens is 1. The van der Waals surface area contributed by atoms with E-state index in [2.05, 4.69) is 0 Å². The molecule has 1 amide bonds. The van der Waals surface area contributed by atoms with Gasteiger partial charge in [-0.2, -0.15) is 18.3 Å². The predicted octanol–water partition coefficient (Wildman–Crippen LogP) is 3.58. The first-order chi connectivity index (χ1) is 12.3.